The second-order valence-corrected chi connectivity index (χ2v) is 4.67. The highest BCUT2D eigenvalue weighted by molar-refractivity contribution is 5.95. The van der Waals surface area contributed by atoms with Gasteiger partial charge in [0.05, 0.1) is 38.3 Å². The quantitative estimate of drug-likeness (QED) is 0.902. The van der Waals surface area contributed by atoms with Crippen molar-refractivity contribution in [1.82, 2.24) is 4.90 Å². The third-order valence-electron chi connectivity index (χ3n) is 3.31. The van der Waals surface area contributed by atoms with Gasteiger partial charge in [-0.1, -0.05) is 0 Å². The number of carboxylic acids is 1. The van der Waals surface area contributed by atoms with Gasteiger partial charge in [0.25, 0.3) is 5.91 Å². The van der Waals surface area contributed by atoms with E-state index in [1.54, 1.807) is 0 Å². The van der Waals surface area contributed by atoms with Crippen LogP contribution in [-0.4, -0.2) is 54.8 Å². The number of ether oxygens (including phenoxy) is 2. The van der Waals surface area contributed by atoms with Crippen LogP contribution in [0, 0.1) is 5.82 Å². The number of carbonyl (C=O) groups excluding carboxylic acids is 1. The highest BCUT2D eigenvalue weighted by Gasteiger charge is 2.31. The van der Waals surface area contributed by atoms with Gasteiger partial charge in [-0.3, -0.25) is 9.59 Å². The van der Waals surface area contributed by atoms with Crippen LogP contribution in [-0.2, 0) is 9.53 Å². The van der Waals surface area contributed by atoms with Crippen LogP contribution in [0.5, 0.6) is 5.75 Å². The molecule has 1 aliphatic rings. The van der Waals surface area contributed by atoms with Gasteiger partial charge in [-0.15, -0.1) is 0 Å². The molecular formula is C14H16FNO5. The zero-order valence-electron chi connectivity index (χ0n) is 11.5. The second kappa shape index (κ2) is 6.53. The van der Waals surface area contributed by atoms with Gasteiger partial charge >= 0.3 is 5.97 Å². The van der Waals surface area contributed by atoms with Crippen LogP contribution in [0.3, 0.4) is 0 Å². The molecule has 0 bridgehead atoms. The summed E-state index contributed by atoms with van der Waals surface area (Å²) in [5.74, 6) is -1.95. The van der Waals surface area contributed by atoms with E-state index >= 15 is 0 Å². The predicted molar refractivity (Wildman–Crippen MR) is 70.8 cm³/mol. The molecule has 0 aromatic heterocycles. The molecule has 1 saturated heterocycles. The Morgan fingerprint density at radius 2 is 2.29 bits per heavy atom. The van der Waals surface area contributed by atoms with Crippen molar-refractivity contribution in [2.24, 2.45) is 0 Å². The van der Waals surface area contributed by atoms with Crippen molar-refractivity contribution < 1.29 is 28.6 Å². The number of rotatable bonds is 4. The molecule has 1 heterocycles. The molecule has 0 aliphatic carbocycles. The standard InChI is InChI=1S/C14H16FNO5/c1-20-10-2-3-11(12(15)7-10)14(19)16-4-5-21-8-9(16)6-13(17)18/h2-3,7,9H,4-6,8H2,1H3,(H,17,18). The Morgan fingerprint density at radius 3 is 2.90 bits per heavy atom. The lowest BCUT2D eigenvalue weighted by Crippen LogP contribution is -2.49. The van der Waals surface area contributed by atoms with Gasteiger partial charge in [0.2, 0.25) is 0 Å². The lowest BCUT2D eigenvalue weighted by atomic mass is 10.1. The molecule has 0 radical (unpaired) electrons. The van der Waals surface area contributed by atoms with E-state index in [2.05, 4.69) is 0 Å². The summed E-state index contributed by atoms with van der Waals surface area (Å²) < 4.78 is 24.0. The van der Waals surface area contributed by atoms with E-state index in [1.165, 1.54) is 24.1 Å². The SMILES string of the molecule is COc1ccc(C(=O)N2CCOCC2CC(=O)O)c(F)c1. The van der Waals surface area contributed by atoms with Crippen molar-refractivity contribution >= 4 is 11.9 Å². The molecule has 1 aromatic carbocycles. The number of aliphatic carboxylic acids is 1. The fourth-order valence-electron chi connectivity index (χ4n) is 2.24. The van der Waals surface area contributed by atoms with E-state index < -0.39 is 23.7 Å². The molecule has 6 nitrogen and oxygen atoms in total. The Balaban J connectivity index is 2.22. The molecule has 1 aromatic rings. The molecule has 1 N–H and O–H groups in total. The fraction of sp³-hybridized carbons (Fsp3) is 0.429. The van der Waals surface area contributed by atoms with Crippen LogP contribution in [0.15, 0.2) is 18.2 Å². The first-order valence-corrected chi connectivity index (χ1v) is 6.47. The Morgan fingerprint density at radius 1 is 1.52 bits per heavy atom. The summed E-state index contributed by atoms with van der Waals surface area (Å²) in [4.78, 5) is 24.6. The van der Waals surface area contributed by atoms with Crippen molar-refractivity contribution in [1.29, 1.82) is 0 Å². The lowest BCUT2D eigenvalue weighted by molar-refractivity contribution is -0.139. The average Bonchev–Trinajstić information content (AvgIpc) is 2.46. The van der Waals surface area contributed by atoms with Gasteiger partial charge in [0.15, 0.2) is 0 Å². The zero-order valence-corrected chi connectivity index (χ0v) is 11.5. The van der Waals surface area contributed by atoms with E-state index in [0.717, 1.165) is 6.07 Å². The minimum absolute atomic E-state index is 0.104. The van der Waals surface area contributed by atoms with Gasteiger partial charge in [-0.05, 0) is 12.1 Å². The average molecular weight is 297 g/mol. The molecule has 0 spiro atoms. The molecule has 1 amide bonds. The number of carbonyl (C=O) groups is 2. The van der Waals surface area contributed by atoms with Gasteiger partial charge in [-0.2, -0.15) is 0 Å². The normalized spacial score (nSPS) is 18.4. The molecule has 21 heavy (non-hydrogen) atoms. The first kappa shape index (κ1) is 15.2. The van der Waals surface area contributed by atoms with Gasteiger partial charge in [0, 0.05) is 12.6 Å². The van der Waals surface area contributed by atoms with Crippen LogP contribution in [0.2, 0.25) is 0 Å². The maximum atomic E-state index is 14.0. The molecule has 7 heteroatoms. The van der Waals surface area contributed by atoms with E-state index in [-0.39, 0.29) is 25.1 Å². The number of methoxy groups -OCH3 is 1. The van der Waals surface area contributed by atoms with E-state index in [1.807, 2.05) is 0 Å². The number of hydrogen-bond donors (Lipinski definition) is 1. The third kappa shape index (κ3) is 3.49. The highest BCUT2D eigenvalue weighted by Crippen LogP contribution is 2.20. The zero-order chi connectivity index (χ0) is 15.4. The van der Waals surface area contributed by atoms with Crippen molar-refractivity contribution in [2.75, 3.05) is 26.9 Å². The van der Waals surface area contributed by atoms with Crippen LogP contribution >= 0.6 is 0 Å². The molecular weight excluding hydrogens is 281 g/mol. The summed E-state index contributed by atoms with van der Waals surface area (Å²) in [6, 6.07) is 3.36. The maximum absolute atomic E-state index is 14.0. The highest BCUT2D eigenvalue weighted by atomic mass is 19.1. The molecule has 0 saturated carbocycles. The number of hydrogen-bond acceptors (Lipinski definition) is 4. The van der Waals surface area contributed by atoms with E-state index in [4.69, 9.17) is 14.6 Å². The number of nitrogens with zero attached hydrogens (tertiary/aromatic N) is 1. The molecule has 1 fully saturated rings. The molecule has 1 aliphatic heterocycles. The number of carboxylic acid groups (broad SMARTS) is 1. The van der Waals surface area contributed by atoms with Crippen molar-refractivity contribution in [3.63, 3.8) is 0 Å². The Kier molecular flexibility index (Phi) is 4.74. The summed E-state index contributed by atoms with van der Waals surface area (Å²) in [5, 5.41) is 8.87. The minimum Gasteiger partial charge on any atom is -0.497 e. The molecule has 1 unspecified atom stereocenters. The summed E-state index contributed by atoms with van der Waals surface area (Å²) in [5.41, 5.74) is -0.104. The molecule has 2 rings (SSSR count). The minimum atomic E-state index is -1.03. The topological polar surface area (TPSA) is 76.1 Å². The van der Waals surface area contributed by atoms with Crippen LogP contribution < -0.4 is 4.74 Å². The fourth-order valence-corrected chi connectivity index (χ4v) is 2.24. The third-order valence-corrected chi connectivity index (χ3v) is 3.31. The number of benzene rings is 1. The molecule has 114 valence electrons. The smallest absolute Gasteiger partial charge is 0.305 e. The van der Waals surface area contributed by atoms with Crippen molar-refractivity contribution in [2.45, 2.75) is 12.5 Å². The predicted octanol–water partition coefficient (Wildman–Crippen LogP) is 1.15. The molecule has 1 atom stereocenters. The largest absolute Gasteiger partial charge is 0.497 e. The maximum Gasteiger partial charge on any atom is 0.305 e. The summed E-state index contributed by atoms with van der Waals surface area (Å²) >= 11 is 0. The van der Waals surface area contributed by atoms with Crippen molar-refractivity contribution in [3.8, 4) is 5.75 Å². The van der Waals surface area contributed by atoms with Crippen LogP contribution in [0.1, 0.15) is 16.8 Å². The lowest BCUT2D eigenvalue weighted by Gasteiger charge is -2.35. The number of halogens is 1. The van der Waals surface area contributed by atoms with Gasteiger partial charge < -0.3 is 19.5 Å². The first-order valence-electron chi connectivity index (χ1n) is 6.47. The second-order valence-electron chi connectivity index (χ2n) is 4.67. The van der Waals surface area contributed by atoms with Gasteiger partial charge in [-0.25, -0.2) is 4.39 Å². The Bertz CT molecular complexity index is 548. The summed E-state index contributed by atoms with van der Waals surface area (Å²) in [6.45, 7) is 0.678. The van der Waals surface area contributed by atoms with E-state index in [0.29, 0.717) is 12.4 Å². The Labute approximate surface area is 121 Å². The number of amides is 1. The van der Waals surface area contributed by atoms with Crippen molar-refractivity contribution in [3.05, 3.63) is 29.6 Å². The summed E-state index contributed by atoms with van der Waals surface area (Å²) in [7, 11) is 1.40. The van der Waals surface area contributed by atoms with Crippen LogP contribution in [0.4, 0.5) is 4.39 Å². The Hall–Kier alpha value is -2.15. The first-order chi connectivity index (χ1) is 10.0. The number of morpholine rings is 1. The van der Waals surface area contributed by atoms with Gasteiger partial charge in [0.1, 0.15) is 11.6 Å². The summed E-state index contributed by atoms with van der Waals surface area (Å²) in [6.07, 6.45) is -0.233. The van der Waals surface area contributed by atoms with Crippen LogP contribution in [0.25, 0.3) is 0 Å². The monoisotopic (exact) mass is 297 g/mol. The van der Waals surface area contributed by atoms with E-state index in [9.17, 15) is 14.0 Å².